The number of amides is 2. The number of urea groups is 1. The normalized spacial score (nSPS) is 11.1. The molecule has 2 rings (SSSR count). The Labute approximate surface area is 139 Å². The summed E-state index contributed by atoms with van der Waals surface area (Å²) in [7, 11) is 1.67. The predicted octanol–water partition coefficient (Wildman–Crippen LogP) is 4.33. The second-order valence-corrected chi connectivity index (χ2v) is 6.84. The number of nitrogens with one attached hydrogen (secondary N) is 1. The summed E-state index contributed by atoms with van der Waals surface area (Å²) < 4.78 is 0. The molecule has 0 unspecified atom stereocenters. The van der Waals surface area contributed by atoms with Gasteiger partial charge >= 0.3 is 6.03 Å². The third-order valence-electron chi connectivity index (χ3n) is 3.91. The fraction of sp³-hybridized carbons (Fsp3) is 0.350. The molecular weight excluding hydrogens is 284 g/mol. The molecule has 0 aliphatic carbocycles. The number of carbonyl (C=O) groups is 1. The largest absolute Gasteiger partial charge is 0.341 e. The van der Waals surface area contributed by atoms with Crippen LogP contribution in [0, 0.1) is 0 Å². The minimum absolute atomic E-state index is 0.0613. The first kappa shape index (κ1) is 17.1. The SMILES string of the molecule is CNC(=O)N(Cc1ccccc1)Cc1ccc(C(C)(C)C)cc1. The minimum Gasteiger partial charge on any atom is -0.341 e. The Morgan fingerprint density at radius 2 is 1.43 bits per heavy atom. The number of carbonyl (C=O) groups excluding carboxylic acids is 1. The van der Waals surface area contributed by atoms with Crippen molar-refractivity contribution in [3.05, 3.63) is 71.3 Å². The maximum atomic E-state index is 12.2. The molecule has 0 aliphatic rings. The van der Waals surface area contributed by atoms with Gasteiger partial charge in [0.15, 0.2) is 0 Å². The molecule has 2 aromatic carbocycles. The predicted molar refractivity (Wildman–Crippen MR) is 95.3 cm³/mol. The van der Waals surface area contributed by atoms with Crippen molar-refractivity contribution in [1.82, 2.24) is 10.2 Å². The van der Waals surface area contributed by atoms with Crippen LogP contribution < -0.4 is 5.32 Å². The van der Waals surface area contributed by atoms with Crippen LogP contribution in [0.5, 0.6) is 0 Å². The summed E-state index contributed by atoms with van der Waals surface area (Å²) in [6.45, 7) is 7.80. The summed E-state index contributed by atoms with van der Waals surface area (Å²) in [6, 6.07) is 18.5. The molecule has 3 heteroatoms. The van der Waals surface area contributed by atoms with Gasteiger partial charge in [0.1, 0.15) is 0 Å². The zero-order chi connectivity index (χ0) is 16.9. The third kappa shape index (κ3) is 4.85. The highest BCUT2D eigenvalue weighted by Gasteiger charge is 2.15. The van der Waals surface area contributed by atoms with Crippen molar-refractivity contribution in [2.45, 2.75) is 39.3 Å². The smallest absolute Gasteiger partial charge is 0.317 e. The van der Waals surface area contributed by atoms with E-state index >= 15 is 0 Å². The van der Waals surface area contributed by atoms with Gasteiger partial charge in [-0.3, -0.25) is 0 Å². The van der Waals surface area contributed by atoms with Crippen LogP contribution >= 0.6 is 0 Å². The van der Waals surface area contributed by atoms with E-state index in [-0.39, 0.29) is 11.4 Å². The molecule has 2 aromatic rings. The van der Waals surface area contributed by atoms with Crippen molar-refractivity contribution in [3.8, 4) is 0 Å². The van der Waals surface area contributed by atoms with Crippen LogP contribution in [0.3, 0.4) is 0 Å². The van der Waals surface area contributed by atoms with Crippen LogP contribution in [0.2, 0.25) is 0 Å². The van der Waals surface area contributed by atoms with E-state index in [0.717, 1.165) is 11.1 Å². The molecule has 0 spiro atoms. The van der Waals surface area contributed by atoms with Crippen LogP contribution in [0.25, 0.3) is 0 Å². The van der Waals surface area contributed by atoms with Gasteiger partial charge in [0.2, 0.25) is 0 Å². The van der Waals surface area contributed by atoms with Gasteiger partial charge in [-0.25, -0.2) is 4.79 Å². The molecule has 0 atom stereocenters. The Kier molecular flexibility index (Phi) is 5.43. The molecule has 0 saturated heterocycles. The lowest BCUT2D eigenvalue weighted by atomic mass is 9.87. The Morgan fingerprint density at radius 1 is 0.913 bits per heavy atom. The fourth-order valence-electron chi connectivity index (χ4n) is 2.49. The van der Waals surface area contributed by atoms with E-state index in [0.29, 0.717) is 13.1 Å². The Balaban J connectivity index is 2.13. The monoisotopic (exact) mass is 310 g/mol. The molecular formula is C20H26N2O. The van der Waals surface area contributed by atoms with Gasteiger partial charge in [0, 0.05) is 20.1 Å². The number of hydrogen-bond acceptors (Lipinski definition) is 1. The topological polar surface area (TPSA) is 32.3 Å². The molecule has 2 amide bonds. The van der Waals surface area contributed by atoms with Gasteiger partial charge in [-0.15, -0.1) is 0 Å². The molecule has 1 N–H and O–H groups in total. The summed E-state index contributed by atoms with van der Waals surface area (Å²) in [5.41, 5.74) is 3.71. The lowest BCUT2D eigenvalue weighted by Crippen LogP contribution is -2.37. The highest BCUT2D eigenvalue weighted by atomic mass is 16.2. The van der Waals surface area contributed by atoms with Gasteiger partial charge < -0.3 is 10.2 Å². The molecule has 0 heterocycles. The summed E-state index contributed by atoms with van der Waals surface area (Å²) in [6.07, 6.45) is 0. The summed E-state index contributed by atoms with van der Waals surface area (Å²) in [5.74, 6) is 0. The number of hydrogen-bond donors (Lipinski definition) is 1. The highest BCUT2D eigenvalue weighted by Crippen LogP contribution is 2.22. The number of rotatable bonds is 4. The van der Waals surface area contributed by atoms with Gasteiger partial charge in [-0.1, -0.05) is 75.4 Å². The van der Waals surface area contributed by atoms with E-state index in [4.69, 9.17) is 0 Å². The zero-order valence-corrected chi connectivity index (χ0v) is 14.5. The quantitative estimate of drug-likeness (QED) is 0.896. The lowest BCUT2D eigenvalue weighted by molar-refractivity contribution is 0.194. The van der Waals surface area contributed by atoms with Crippen molar-refractivity contribution in [2.24, 2.45) is 0 Å². The second kappa shape index (κ2) is 7.32. The van der Waals surface area contributed by atoms with Crippen LogP contribution in [0.15, 0.2) is 54.6 Å². The summed E-state index contributed by atoms with van der Waals surface area (Å²) in [5, 5.41) is 2.73. The van der Waals surface area contributed by atoms with Gasteiger partial charge in [0.25, 0.3) is 0 Å². The van der Waals surface area contributed by atoms with E-state index in [9.17, 15) is 4.79 Å². The molecule has 0 aliphatic heterocycles. The van der Waals surface area contributed by atoms with Crippen molar-refractivity contribution < 1.29 is 4.79 Å². The van der Waals surface area contributed by atoms with Crippen LogP contribution in [0.4, 0.5) is 4.79 Å². The average molecular weight is 310 g/mol. The molecule has 0 saturated carbocycles. The van der Waals surface area contributed by atoms with Crippen molar-refractivity contribution >= 4 is 6.03 Å². The second-order valence-electron chi connectivity index (χ2n) is 6.84. The van der Waals surface area contributed by atoms with Crippen molar-refractivity contribution in [1.29, 1.82) is 0 Å². The lowest BCUT2D eigenvalue weighted by Gasteiger charge is -2.23. The number of benzene rings is 2. The average Bonchev–Trinajstić information content (AvgIpc) is 2.54. The summed E-state index contributed by atoms with van der Waals surface area (Å²) >= 11 is 0. The van der Waals surface area contributed by atoms with Crippen LogP contribution in [0.1, 0.15) is 37.5 Å². The zero-order valence-electron chi connectivity index (χ0n) is 14.5. The van der Waals surface area contributed by atoms with Crippen molar-refractivity contribution in [3.63, 3.8) is 0 Å². The van der Waals surface area contributed by atoms with E-state index < -0.39 is 0 Å². The van der Waals surface area contributed by atoms with Crippen molar-refractivity contribution in [2.75, 3.05) is 7.05 Å². The standard InChI is InChI=1S/C20H26N2O/c1-20(2,3)18-12-10-17(11-13-18)15-22(19(23)21-4)14-16-8-6-5-7-9-16/h5-13H,14-15H2,1-4H3,(H,21,23). The van der Waals surface area contributed by atoms with Crippen LogP contribution in [-0.2, 0) is 18.5 Å². The maximum absolute atomic E-state index is 12.2. The third-order valence-corrected chi connectivity index (χ3v) is 3.91. The maximum Gasteiger partial charge on any atom is 0.317 e. The Hall–Kier alpha value is -2.29. The van der Waals surface area contributed by atoms with Gasteiger partial charge in [-0.2, -0.15) is 0 Å². The molecule has 122 valence electrons. The Morgan fingerprint density at radius 3 is 1.91 bits per heavy atom. The van der Waals surface area contributed by atoms with E-state index in [1.54, 1.807) is 7.05 Å². The van der Waals surface area contributed by atoms with Crippen LogP contribution in [-0.4, -0.2) is 18.0 Å². The molecule has 3 nitrogen and oxygen atoms in total. The van der Waals surface area contributed by atoms with Gasteiger partial charge in [-0.05, 0) is 22.1 Å². The molecule has 0 radical (unpaired) electrons. The number of nitrogens with zero attached hydrogens (tertiary/aromatic N) is 1. The fourth-order valence-corrected chi connectivity index (χ4v) is 2.49. The Bertz CT molecular complexity index is 627. The van der Waals surface area contributed by atoms with E-state index in [1.165, 1.54) is 5.56 Å². The first-order valence-corrected chi connectivity index (χ1v) is 8.00. The van der Waals surface area contributed by atoms with E-state index in [1.807, 2.05) is 35.2 Å². The molecule has 0 fully saturated rings. The molecule has 0 bridgehead atoms. The molecule has 23 heavy (non-hydrogen) atoms. The first-order valence-electron chi connectivity index (χ1n) is 8.00. The molecule has 0 aromatic heterocycles. The highest BCUT2D eigenvalue weighted by molar-refractivity contribution is 5.73. The van der Waals surface area contributed by atoms with Gasteiger partial charge in [0.05, 0.1) is 0 Å². The first-order chi connectivity index (χ1) is 10.9. The minimum atomic E-state index is -0.0613. The van der Waals surface area contributed by atoms with E-state index in [2.05, 4.69) is 50.4 Å². The summed E-state index contributed by atoms with van der Waals surface area (Å²) in [4.78, 5) is 14.0.